The summed E-state index contributed by atoms with van der Waals surface area (Å²) in [6.45, 7) is 0.414. The topological polar surface area (TPSA) is 108 Å². The molecule has 0 aliphatic heterocycles. The average molecular weight is 432 g/mol. The SMILES string of the molecule is COC(=O)c1cccc(C(=O)N[C@@H](Cc2cccc(OCc3ccccc3)c2)C(N)=O)c1. The van der Waals surface area contributed by atoms with Crippen molar-refractivity contribution < 1.29 is 23.9 Å². The Bertz CT molecular complexity index is 1100. The fourth-order valence-corrected chi connectivity index (χ4v) is 3.11. The molecule has 0 spiro atoms. The number of ether oxygens (including phenoxy) is 2. The summed E-state index contributed by atoms with van der Waals surface area (Å²) in [5.41, 5.74) is 7.80. The molecule has 7 nitrogen and oxygen atoms in total. The van der Waals surface area contributed by atoms with Crippen LogP contribution in [-0.4, -0.2) is 30.9 Å². The Labute approximate surface area is 186 Å². The number of methoxy groups -OCH3 is 1. The molecule has 3 N–H and O–H groups in total. The number of nitrogens with one attached hydrogen (secondary N) is 1. The molecule has 32 heavy (non-hydrogen) atoms. The third-order valence-corrected chi connectivity index (χ3v) is 4.78. The standard InChI is InChI=1S/C25H24N2O5/c1-31-25(30)20-11-6-10-19(15-20)24(29)27-22(23(26)28)14-18-9-5-12-21(13-18)32-16-17-7-3-2-4-8-17/h2-13,15,22H,14,16H2,1H3,(H2,26,28)(H,27,29)/t22-/m0/s1. The van der Waals surface area contributed by atoms with Gasteiger partial charge >= 0.3 is 5.97 Å². The summed E-state index contributed by atoms with van der Waals surface area (Å²) < 4.78 is 10.5. The molecule has 7 heteroatoms. The molecule has 3 rings (SSSR count). The quantitative estimate of drug-likeness (QED) is 0.506. The van der Waals surface area contributed by atoms with Crippen LogP contribution in [0.15, 0.2) is 78.9 Å². The summed E-state index contributed by atoms with van der Waals surface area (Å²) in [7, 11) is 1.26. The molecule has 0 saturated carbocycles. The maximum atomic E-state index is 12.6. The smallest absolute Gasteiger partial charge is 0.337 e. The number of hydrogen-bond acceptors (Lipinski definition) is 5. The molecule has 0 fully saturated rings. The summed E-state index contributed by atoms with van der Waals surface area (Å²) in [4.78, 5) is 36.3. The summed E-state index contributed by atoms with van der Waals surface area (Å²) in [5, 5.41) is 2.64. The van der Waals surface area contributed by atoms with E-state index in [0.29, 0.717) is 12.4 Å². The van der Waals surface area contributed by atoms with Gasteiger partial charge in [-0.3, -0.25) is 9.59 Å². The molecule has 3 aromatic carbocycles. The van der Waals surface area contributed by atoms with E-state index in [-0.39, 0.29) is 17.5 Å². The number of hydrogen-bond donors (Lipinski definition) is 2. The van der Waals surface area contributed by atoms with Crippen LogP contribution in [0.1, 0.15) is 31.8 Å². The van der Waals surface area contributed by atoms with Crippen LogP contribution in [0.3, 0.4) is 0 Å². The first kappa shape index (κ1) is 22.6. The minimum atomic E-state index is -0.936. The number of amides is 2. The second-order valence-corrected chi connectivity index (χ2v) is 7.13. The third kappa shape index (κ3) is 6.18. The first-order chi connectivity index (χ1) is 15.5. The highest BCUT2D eigenvalue weighted by molar-refractivity contribution is 5.99. The van der Waals surface area contributed by atoms with Crippen LogP contribution in [0.25, 0.3) is 0 Å². The van der Waals surface area contributed by atoms with Gasteiger partial charge in [0.1, 0.15) is 18.4 Å². The van der Waals surface area contributed by atoms with Crippen LogP contribution < -0.4 is 15.8 Å². The van der Waals surface area contributed by atoms with Gasteiger partial charge in [0.05, 0.1) is 12.7 Å². The van der Waals surface area contributed by atoms with Crippen LogP contribution in [0.4, 0.5) is 0 Å². The lowest BCUT2D eigenvalue weighted by atomic mass is 10.0. The number of primary amides is 1. The van der Waals surface area contributed by atoms with E-state index in [1.54, 1.807) is 6.07 Å². The molecule has 2 amide bonds. The molecular weight excluding hydrogens is 408 g/mol. The molecule has 1 atom stereocenters. The van der Waals surface area contributed by atoms with Gasteiger partial charge in [-0.05, 0) is 41.5 Å². The minimum Gasteiger partial charge on any atom is -0.489 e. The lowest BCUT2D eigenvalue weighted by Gasteiger charge is -2.16. The highest BCUT2D eigenvalue weighted by Gasteiger charge is 2.20. The number of esters is 1. The van der Waals surface area contributed by atoms with Crippen molar-refractivity contribution in [3.8, 4) is 5.75 Å². The Hall–Kier alpha value is -4.13. The molecule has 0 aliphatic rings. The summed E-state index contributed by atoms with van der Waals surface area (Å²) >= 11 is 0. The van der Waals surface area contributed by atoms with Crippen molar-refractivity contribution >= 4 is 17.8 Å². The predicted octanol–water partition coefficient (Wildman–Crippen LogP) is 2.88. The molecule has 0 aromatic heterocycles. The van der Waals surface area contributed by atoms with Crippen molar-refractivity contribution in [2.24, 2.45) is 5.73 Å². The zero-order chi connectivity index (χ0) is 22.9. The van der Waals surface area contributed by atoms with Gasteiger partial charge in [0.25, 0.3) is 5.91 Å². The van der Waals surface area contributed by atoms with Crippen LogP contribution in [0.2, 0.25) is 0 Å². The third-order valence-electron chi connectivity index (χ3n) is 4.78. The molecule has 0 saturated heterocycles. The second kappa shape index (κ2) is 10.8. The van der Waals surface area contributed by atoms with Crippen molar-refractivity contribution in [2.45, 2.75) is 19.1 Å². The van der Waals surface area contributed by atoms with Crippen LogP contribution in [0, 0.1) is 0 Å². The van der Waals surface area contributed by atoms with Crippen molar-refractivity contribution in [1.82, 2.24) is 5.32 Å². The minimum absolute atomic E-state index is 0.195. The van der Waals surface area contributed by atoms with Gasteiger partial charge in [0.15, 0.2) is 0 Å². The molecule has 0 heterocycles. The van der Waals surface area contributed by atoms with E-state index in [1.807, 2.05) is 54.6 Å². The maximum absolute atomic E-state index is 12.6. The van der Waals surface area contributed by atoms with Gasteiger partial charge in [-0.15, -0.1) is 0 Å². The molecule has 0 unspecified atom stereocenters. The highest BCUT2D eigenvalue weighted by atomic mass is 16.5. The fourth-order valence-electron chi connectivity index (χ4n) is 3.11. The lowest BCUT2D eigenvalue weighted by molar-refractivity contribution is -0.119. The van der Waals surface area contributed by atoms with Gasteiger partial charge in [-0.25, -0.2) is 4.79 Å². The number of carbonyl (C=O) groups excluding carboxylic acids is 3. The van der Waals surface area contributed by atoms with Gasteiger partial charge in [0.2, 0.25) is 5.91 Å². The summed E-state index contributed by atoms with van der Waals surface area (Å²) in [5.74, 6) is -1.10. The Balaban J connectivity index is 1.67. The van der Waals surface area contributed by atoms with Gasteiger partial charge in [0, 0.05) is 12.0 Å². The van der Waals surface area contributed by atoms with Crippen LogP contribution >= 0.6 is 0 Å². The molecule has 164 valence electrons. The van der Waals surface area contributed by atoms with E-state index in [0.717, 1.165) is 11.1 Å². The molecular formula is C25H24N2O5. The maximum Gasteiger partial charge on any atom is 0.337 e. The predicted molar refractivity (Wildman–Crippen MR) is 119 cm³/mol. The normalized spacial score (nSPS) is 11.3. The van der Waals surface area contributed by atoms with E-state index < -0.39 is 23.8 Å². The Kier molecular flexibility index (Phi) is 7.59. The average Bonchev–Trinajstić information content (AvgIpc) is 2.82. The molecule has 0 aliphatic carbocycles. The van der Waals surface area contributed by atoms with E-state index in [9.17, 15) is 14.4 Å². The highest BCUT2D eigenvalue weighted by Crippen LogP contribution is 2.17. The second-order valence-electron chi connectivity index (χ2n) is 7.13. The van der Waals surface area contributed by atoms with Crippen molar-refractivity contribution in [1.29, 1.82) is 0 Å². The van der Waals surface area contributed by atoms with E-state index in [2.05, 4.69) is 10.1 Å². The van der Waals surface area contributed by atoms with Gasteiger partial charge in [-0.2, -0.15) is 0 Å². The summed E-state index contributed by atoms with van der Waals surface area (Å²) in [6.07, 6.45) is 0.195. The Morgan fingerprint density at radius 2 is 1.56 bits per heavy atom. The fraction of sp³-hybridized carbons (Fsp3) is 0.160. The largest absolute Gasteiger partial charge is 0.489 e. The molecule has 0 bridgehead atoms. The van der Waals surface area contributed by atoms with E-state index in [4.69, 9.17) is 10.5 Å². The Morgan fingerprint density at radius 3 is 2.28 bits per heavy atom. The number of nitrogens with two attached hydrogens (primary N) is 1. The van der Waals surface area contributed by atoms with Crippen LogP contribution in [-0.2, 0) is 22.6 Å². The number of rotatable bonds is 9. The van der Waals surface area contributed by atoms with E-state index >= 15 is 0 Å². The number of carbonyl (C=O) groups is 3. The van der Waals surface area contributed by atoms with Crippen LogP contribution in [0.5, 0.6) is 5.75 Å². The Morgan fingerprint density at radius 1 is 0.875 bits per heavy atom. The first-order valence-electron chi connectivity index (χ1n) is 10.0. The monoisotopic (exact) mass is 432 g/mol. The van der Waals surface area contributed by atoms with Gasteiger partial charge in [-0.1, -0.05) is 48.5 Å². The number of benzene rings is 3. The van der Waals surface area contributed by atoms with Crippen molar-refractivity contribution in [2.75, 3.05) is 7.11 Å². The molecule has 3 aromatic rings. The van der Waals surface area contributed by atoms with Crippen molar-refractivity contribution in [3.63, 3.8) is 0 Å². The lowest BCUT2D eigenvalue weighted by Crippen LogP contribution is -2.45. The zero-order valence-corrected chi connectivity index (χ0v) is 17.6. The zero-order valence-electron chi connectivity index (χ0n) is 17.6. The summed E-state index contributed by atoms with van der Waals surface area (Å²) in [6, 6.07) is 22.1. The van der Waals surface area contributed by atoms with Gasteiger partial charge < -0.3 is 20.5 Å². The first-order valence-corrected chi connectivity index (χ1v) is 10.0. The molecule has 0 radical (unpaired) electrons. The van der Waals surface area contributed by atoms with E-state index in [1.165, 1.54) is 25.3 Å². The van der Waals surface area contributed by atoms with Crippen molar-refractivity contribution in [3.05, 3.63) is 101 Å².